The quantitative estimate of drug-likeness (QED) is 0.635. The van der Waals surface area contributed by atoms with Gasteiger partial charge in [0, 0.05) is 11.9 Å². The van der Waals surface area contributed by atoms with E-state index in [-0.39, 0.29) is 12.0 Å². The van der Waals surface area contributed by atoms with Crippen molar-refractivity contribution in [2.75, 3.05) is 10.6 Å². The normalized spacial score (nSPS) is 10.5. The van der Waals surface area contributed by atoms with Crippen LogP contribution in [0, 0.1) is 6.92 Å². The number of nitrogens with one attached hydrogen (secondary N) is 2. The molecule has 138 valence electrons. The molecule has 0 aliphatic rings. The molecule has 5 heteroatoms. The van der Waals surface area contributed by atoms with E-state index < -0.39 is 0 Å². The lowest BCUT2D eigenvalue weighted by Gasteiger charge is -2.15. The second-order valence-electron chi connectivity index (χ2n) is 6.57. The van der Waals surface area contributed by atoms with E-state index >= 15 is 0 Å². The fourth-order valence-electron chi connectivity index (χ4n) is 2.64. The van der Waals surface area contributed by atoms with Gasteiger partial charge in [-0.15, -0.1) is 0 Å². The number of aromatic nitrogens is 1. The van der Waals surface area contributed by atoms with Crippen molar-refractivity contribution < 1.29 is 9.53 Å². The second kappa shape index (κ2) is 8.36. The summed E-state index contributed by atoms with van der Waals surface area (Å²) >= 11 is 0. The zero-order chi connectivity index (χ0) is 19.2. The molecule has 0 bridgehead atoms. The predicted molar refractivity (Wildman–Crippen MR) is 109 cm³/mol. The Morgan fingerprint density at radius 1 is 1.00 bits per heavy atom. The van der Waals surface area contributed by atoms with Crippen molar-refractivity contribution in [2.24, 2.45) is 0 Å². The monoisotopic (exact) mass is 361 g/mol. The molecule has 27 heavy (non-hydrogen) atoms. The Balaban J connectivity index is 1.77. The molecule has 0 atom stereocenters. The summed E-state index contributed by atoms with van der Waals surface area (Å²) in [6, 6.07) is 17.1. The summed E-state index contributed by atoms with van der Waals surface area (Å²) in [6.07, 6.45) is 3.29. The largest absolute Gasteiger partial charge is 0.489 e. The van der Waals surface area contributed by atoms with Gasteiger partial charge in [-0.25, -0.2) is 0 Å². The van der Waals surface area contributed by atoms with Crippen molar-refractivity contribution in [1.29, 1.82) is 0 Å². The third-order valence-corrected chi connectivity index (χ3v) is 3.81. The molecule has 5 nitrogen and oxygen atoms in total. The molecule has 0 aliphatic carbocycles. The first-order chi connectivity index (χ1) is 13.0. The van der Waals surface area contributed by atoms with Crippen LogP contribution in [-0.4, -0.2) is 17.0 Å². The number of para-hydroxylation sites is 2. The molecule has 0 fully saturated rings. The molecule has 2 N–H and O–H groups in total. The van der Waals surface area contributed by atoms with Gasteiger partial charge >= 0.3 is 0 Å². The fraction of sp³-hybridized carbons (Fsp3) is 0.182. The van der Waals surface area contributed by atoms with Gasteiger partial charge < -0.3 is 15.4 Å². The molecule has 0 aliphatic heterocycles. The summed E-state index contributed by atoms with van der Waals surface area (Å²) in [5.74, 6) is 0.547. The summed E-state index contributed by atoms with van der Waals surface area (Å²) in [6.45, 7) is 5.95. The number of pyridine rings is 1. The van der Waals surface area contributed by atoms with Crippen LogP contribution in [-0.2, 0) is 0 Å². The minimum atomic E-state index is -0.205. The Hall–Kier alpha value is -3.34. The number of carbonyl (C=O) groups excluding carboxylic acids is 1. The number of nitrogens with zero attached hydrogens (tertiary/aromatic N) is 1. The molecule has 2 aromatic carbocycles. The number of benzene rings is 2. The van der Waals surface area contributed by atoms with Crippen LogP contribution in [0.2, 0.25) is 0 Å². The Bertz CT molecular complexity index is 938. The lowest BCUT2D eigenvalue weighted by atomic mass is 10.2. The number of aryl methyl sites for hydroxylation is 1. The lowest BCUT2D eigenvalue weighted by Crippen LogP contribution is -2.12. The van der Waals surface area contributed by atoms with Gasteiger partial charge in [0.05, 0.1) is 29.2 Å². The number of rotatable bonds is 6. The van der Waals surface area contributed by atoms with E-state index in [1.165, 1.54) is 0 Å². The topological polar surface area (TPSA) is 63.2 Å². The van der Waals surface area contributed by atoms with Crippen LogP contribution < -0.4 is 15.4 Å². The molecule has 0 spiro atoms. The molecule has 3 aromatic rings. The maximum Gasteiger partial charge on any atom is 0.257 e. The molecule has 0 radical (unpaired) electrons. The van der Waals surface area contributed by atoms with Crippen molar-refractivity contribution in [3.05, 3.63) is 78.1 Å². The average Bonchev–Trinajstić information content (AvgIpc) is 2.63. The van der Waals surface area contributed by atoms with Crippen molar-refractivity contribution >= 4 is 23.0 Å². The smallest absolute Gasteiger partial charge is 0.257 e. The highest BCUT2D eigenvalue weighted by atomic mass is 16.5. The van der Waals surface area contributed by atoms with Crippen LogP contribution in [0.3, 0.4) is 0 Å². The molecule has 1 heterocycles. The first kappa shape index (κ1) is 18.5. The van der Waals surface area contributed by atoms with Gasteiger partial charge in [0.25, 0.3) is 5.91 Å². The van der Waals surface area contributed by atoms with Gasteiger partial charge in [-0.2, -0.15) is 0 Å². The van der Waals surface area contributed by atoms with E-state index in [0.717, 1.165) is 22.7 Å². The van der Waals surface area contributed by atoms with Gasteiger partial charge in [0.2, 0.25) is 0 Å². The first-order valence-electron chi connectivity index (χ1n) is 8.87. The molecule has 1 aromatic heterocycles. The molecule has 0 saturated carbocycles. The highest BCUT2D eigenvalue weighted by Gasteiger charge is 2.10. The van der Waals surface area contributed by atoms with Gasteiger partial charge in [0.15, 0.2) is 0 Å². The van der Waals surface area contributed by atoms with Crippen molar-refractivity contribution in [1.82, 2.24) is 4.98 Å². The number of hydrogen-bond acceptors (Lipinski definition) is 4. The van der Waals surface area contributed by atoms with Crippen LogP contribution in [0.1, 0.15) is 29.8 Å². The van der Waals surface area contributed by atoms with Crippen molar-refractivity contribution in [3.63, 3.8) is 0 Å². The molecular formula is C22H23N3O2. The highest BCUT2D eigenvalue weighted by Crippen LogP contribution is 2.28. The number of carbonyl (C=O) groups is 1. The molecule has 3 rings (SSSR count). The first-order valence-corrected chi connectivity index (χ1v) is 8.87. The second-order valence-corrected chi connectivity index (χ2v) is 6.57. The summed E-state index contributed by atoms with van der Waals surface area (Å²) in [5, 5.41) is 6.17. The van der Waals surface area contributed by atoms with E-state index in [4.69, 9.17) is 4.74 Å². The predicted octanol–water partition coefficient (Wildman–Crippen LogP) is 5.17. The summed E-state index contributed by atoms with van der Waals surface area (Å²) in [5.41, 5.74) is 3.86. The molecule has 1 amide bonds. The number of hydrogen-bond donors (Lipinski definition) is 2. The molecule has 0 unspecified atom stereocenters. The van der Waals surface area contributed by atoms with Crippen molar-refractivity contribution in [2.45, 2.75) is 26.9 Å². The lowest BCUT2D eigenvalue weighted by molar-refractivity contribution is 0.102. The zero-order valence-corrected chi connectivity index (χ0v) is 15.7. The maximum atomic E-state index is 12.5. The summed E-state index contributed by atoms with van der Waals surface area (Å²) < 4.78 is 5.82. The van der Waals surface area contributed by atoms with Crippen LogP contribution in [0.25, 0.3) is 0 Å². The van der Waals surface area contributed by atoms with Gasteiger partial charge in [-0.1, -0.05) is 24.3 Å². The minimum absolute atomic E-state index is 0.0671. The molecule has 0 saturated heterocycles. The van der Waals surface area contributed by atoms with Crippen molar-refractivity contribution in [3.8, 4) is 5.75 Å². The fourth-order valence-corrected chi connectivity index (χ4v) is 2.64. The van der Waals surface area contributed by atoms with Crippen LogP contribution >= 0.6 is 0 Å². The third-order valence-electron chi connectivity index (χ3n) is 3.81. The Kier molecular flexibility index (Phi) is 5.71. The van der Waals surface area contributed by atoms with E-state index in [1.807, 2.05) is 69.3 Å². The van der Waals surface area contributed by atoms with Crippen LogP contribution in [0.15, 0.2) is 67.0 Å². The van der Waals surface area contributed by atoms with Gasteiger partial charge in [0.1, 0.15) is 5.75 Å². The summed E-state index contributed by atoms with van der Waals surface area (Å²) in [4.78, 5) is 16.7. The Labute approximate surface area is 159 Å². The summed E-state index contributed by atoms with van der Waals surface area (Å²) in [7, 11) is 0. The van der Waals surface area contributed by atoms with Gasteiger partial charge in [-0.05, 0) is 56.7 Å². The Morgan fingerprint density at radius 2 is 1.81 bits per heavy atom. The average molecular weight is 361 g/mol. The van der Waals surface area contributed by atoms with Gasteiger partial charge in [-0.3, -0.25) is 9.78 Å². The van der Waals surface area contributed by atoms with Crippen LogP contribution in [0.4, 0.5) is 17.1 Å². The number of anilines is 3. The number of amides is 1. The van der Waals surface area contributed by atoms with E-state index in [0.29, 0.717) is 11.3 Å². The van der Waals surface area contributed by atoms with Crippen LogP contribution in [0.5, 0.6) is 5.75 Å². The van der Waals surface area contributed by atoms with E-state index in [9.17, 15) is 4.79 Å². The van der Waals surface area contributed by atoms with E-state index in [2.05, 4.69) is 15.6 Å². The zero-order valence-electron chi connectivity index (χ0n) is 15.7. The Morgan fingerprint density at radius 3 is 2.59 bits per heavy atom. The standard InChI is InChI=1S/C22H23N3O2/c1-15(2)27-21-10-5-4-9-20(21)24-19-12-17(13-23-14-19)22(26)25-18-8-6-7-16(3)11-18/h4-15,24H,1-3H3,(H,25,26). The third kappa shape index (κ3) is 5.07. The van der Waals surface area contributed by atoms with E-state index in [1.54, 1.807) is 18.5 Å². The molecular weight excluding hydrogens is 338 g/mol. The number of ether oxygens (including phenoxy) is 1. The minimum Gasteiger partial charge on any atom is -0.489 e. The highest BCUT2D eigenvalue weighted by molar-refractivity contribution is 6.04. The maximum absolute atomic E-state index is 12.5. The SMILES string of the molecule is Cc1cccc(NC(=O)c2cncc(Nc3ccccc3OC(C)C)c2)c1.